The molecule has 6 heteroatoms. The van der Waals surface area contributed by atoms with E-state index in [0.717, 1.165) is 39.6 Å². The summed E-state index contributed by atoms with van der Waals surface area (Å²) in [4.78, 5) is 20.3. The van der Waals surface area contributed by atoms with Crippen molar-refractivity contribution < 1.29 is 29.3 Å². The summed E-state index contributed by atoms with van der Waals surface area (Å²) in [6, 6.07) is 21.3. The number of rotatable bonds is 4. The second-order valence-electron chi connectivity index (χ2n) is 7.19. The first-order chi connectivity index (χ1) is 15.3. The van der Waals surface area contributed by atoms with Gasteiger partial charge in [-0.15, -0.1) is 0 Å². The van der Waals surface area contributed by atoms with Crippen LogP contribution in [0.4, 0.5) is 0 Å². The van der Waals surface area contributed by atoms with Gasteiger partial charge in [0.2, 0.25) is 0 Å². The third-order valence-corrected chi connectivity index (χ3v) is 4.88. The molecule has 0 aromatic heterocycles. The number of ether oxygens (including phenoxy) is 2. The topological polar surface area (TPSA) is 93.1 Å². The maximum absolute atomic E-state index is 11.3. The fourth-order valence-corrected chi connectivity index (χ4v) is 3.65. The zero-order valence-corrected chi connectivity index (χ0v) is 18.1. The average molecular weight is 432 g/mol. The Balaban J connectivity index is 0.000000668. The Morgan fingerprint density at radius 3 is 1.78 bits per heavy atom. The monoisotopic (exact) mass is 432 g/mol. The van der Waals surface area contributed by atoms with Crippen molar-refractivity contribution in [3.8, 4) is 17.2 Å². The van der Waals surface area contributed by atoms with E-state index in [2.05, 4.69) is 0 Å². The van der Waals surface area contributed by atoms with Crippen LogP contribution in [0.1, 0.15) is 25.0 Å². The fourth-order valence-electron chi connectivity index (χ4n) is 3.65. The van der Waals surface area contributed by atoms with Crippen molar-refractivity contribution in [1.82, 2.24) is 0 Å². The number of aliphatic carboxylic acids is 1. The smallest absolute Gasteiger partial charge is 0.308 e. The van der Waals surface area contributed by atoms with Gasteiger partial charge in [-0.25, -0.2) is 0 Å². The predicted molar refractivity (Wildman–Crippen MR) is 124 cm³/mol. The quantitative estimate of drug-likeness (QED) is 0.258. The molecular weight excluding hydrogens is 408 g/mol. The van der Waals surface area contributed by atoms with Crippen molar-refractivity contribution >= 4 is 33.5 Å². The zero-order valence-electron chi connectivity index (χ0n) is 18.1. The molecule has 0 saturated carbocycles. The fraction of sp³-hybridized carbons (Fsp3) is 0.154. The van der Waals surface area contributed by atoms with E-state index < -0.39 is 5.97 Å². The maximum Gasteiger partial charge on any atom is 0.308 e. The summed E-state index contributed by atoms with van der Waals surface area (Å²) in [6.45, 7) is 2.45. The molecule has 4 aromatic carbocycles. The third-order valence-electron chi connectivity index (χ3n) is 4.88. The minimum atomic E-state index is -0.833. The molecule has 0 saturated heterocycles. The van der Waals surface area contributed by atoms with E-state index in [1.165, 1.54) is 6.92 Å². The van der Waals surface area contributed by atoms with E-state index in [-0.39, 0.29) is 5.97 Å². The van der Waals surface area contributed by atoms with Crippen LogP contribution in [0, 0.1) is 0 Å². The number of carboxylic acid groups (broad SMARTS) is 1. The summed E-state index contributed by atoms with van der Waals surface area (Å²) in [5.41, 5.74) is 2.15. The van der Waals surface area contributed by atoms with E-state index in [9.17, 15) is 9.90 Å². The summed E-state index contributed by atoms with van der Waals surface area (Å²) in [5, 5.41) is 21.8. The first-order valence-electron chi connectivity index (χ1n) is 9.98. The van der Waals surface area contributed by atoms with E-state index in [0.29, 0.717) is 23.7 Å². The van der Waals surface area contributed by atoms with Crippen molar-refractivity contribution in [2.24, 2.45) is 0 Å². The molecule has 0 atom stereocenters. The number of hydrogen-bond acceptors (Lipinski definition) is 5. The van der Waals surface area contributed by atoms with Crippen molar-refractivity contribution in [2.45, 2.75) is 20.3 Å². The molecule has 0 radical (unpaired) electrons. The molecule has 0 unspecified atom stereocenters. The Morgan fingerprint density at radius 1 is 0.812 bits per heavy atom. The van der Waals surface area contributed by atoms with E-state index in [4.69, 9.17) is 19.4 Å². The Hall–Kier alpha value is -4.06. The Morgan fingerprint density at radius 2 is 1.31 bits per heavy atom. The second-order valence-corrected chi connectivity index (χ2v) is 7.19. The van der Waals surface area contributed by atoms with Gasteiger partial charge in [0.15, 0.2) is 11.5 Å². The molecule has 32 heavy (non-hydrogen) atoms. The highest BCUT2D eigenvalue weighted by Crippen LogP contribution is 2.39. The molecule has 0 fully saturated rings. The van der Waals surface area contributed by atoms with Gasteiger partial charge in [-0.05, 0) is 40.5 Å². The number of carbonyl (C=O) groups excluding carboxylic acids is 1. The molecule has 0 aliphatic rings. The number of benzene rings is 4. The second kappa shape index (κ2) is 9.83. The Bertz CT molecular complexity index is 1230. The predicted octanol–water partition coefficient (Wildman–Crippen LogP) is 5.31. The first kappa shape index (κ1) is 22.6. The number of fused-ring (bicyclic) bond motifs is 2. The first-order valence-corrected chi connectivity index (χ1v) is 9.98. The highest BCUT2D eigenvalue weighted by molar-refractivity contribution is 6.08. The minimum absolute atomic E-state index is 0.303. The molecule has 164 valence electrons. The molecule has 0 aliphatic heterocycles. The highest BCUT2D eigenvalue weighted by atomic mass is 16.6. The number of esters is 1. The zero-order chi connectivity index (χ0) is 23.3. The molecule has 0 aliphatic carbocycles. The lowest BCUT2D eigenvalue weighted by molar-refractivity contribution is -0.134. The minimum Gasteiger partial charge on any atom is -0.507 e. The van der Waals surface area contributed by atoms with Crippen LogP contribution < -0.4 is 9.47 Å². The summed E-state index contributed by atoms with van der Waals surface area (Å²) in [5.74, 6) is -0.00132. The van der Waals surface area contributed by atoms with Crippen molar-refractivity contribution in [1.29, 1.82) is 0 Å². The van der Waals surface area contributed by atoms with Crippen LogP contribution in [-0.2, 0) is 16.0 Å². The Kier molecular flexibility index (Phi) is 6.95. The highest BCUT2D eigenvalue weighted by Gasteiger charge is 2.15. The van der Waals surface area contributed by atoms with Crippen LogP contribution in [0.5, 0.6) is 17.2 Å². The molecule has 0 amide bonds. The van der Waals surface area contributed by atoms with Gasteiger partial charge in [-0.3, -0.25) is 9.59 Å². The van der Waals surface area contributed by atoms with Crippen LogP contribution in [0.25, 0.3) is 21.5 Å². The van der Waals surface area contributed by atoms with Crippen LogP contribution in [0.2, 0.25) is 0 Å². The number of phenols is 1. The number of hydrogen-bond donors (Lipinski definition) is 2. The standard InChI is InChI=1S/C24H20O4.C2H4O2/c1-15(25)28-22-12-11-16(14-23(22)27-2)13-21-17-7-3-5-9-19(17)24(26)20-10-6-4-8-18(20)21;1-2(3)4/h3-12,14,26H,13H2,1-2H3;1H3,(H,3,4). The summed E-state index contributed by atoms with van der Waals surface area (Å²) < 4.78 is 10.6. The number of carboxylic acids is 1. The summed E-state index contributed by atoms with van der Waals surface area (Å²) in [7, 11) is 1.55. The van der Waals surface area contributed by atoms with Gasteiger partial charge in [0.05, 0.1) is 7.11 Å². The lowest BCUT2D eigenvalue weighted by atomic mass is 9.91. The molecule has 4 aromatic rings. The summed E-state index contributed by atoms with van der Waals surface area (Å²) in [6.07, 6.45) is 0.651. The van der Waals surface area contributed by atoms with Crippen LogP contribution in [0.15, 0.2) is 66.7 Å². The lowest BCUT2D eigenvalue weighted by Crippen LogP contribution is -2.03. The van der Waals surface area contributed by atoms with Crippen molar-refractivity contribution in [3.63, 3.8) is 0 Å². The third kappa shape index (κ3) is 4.98. The van der Waals surface area contributed by atoms with Gasteiger partial charge in [0.25, 0.3) is 5.97 Å². The van der Waals surface area contributed by atoms with Gasteiger partial charge in [0.1, 0.15) is 5.75 Å². The number of phenolic OH excluding ortho intramolecular Hbond substituents is 1. The lowest BCUT2D eigenvalue weighted by Gasteiger charge is -2.15. The molecule has 2 N–H and O–H groups in total. The normalized spacial score (nSPS) is 10.3. The number of methoxy groups -OCH3 is 1. The molecule has 0 heterocycles. The number of carbonyl (C=O) groups is 2. The molecule has 0 spiro atoms. The van der Waals surface area contributed by atoms with E-state index >= 15 is 0 Å². The van der Waals surface area contributed by atoms with Gasteiger partial charge < -0.3 is 19.7 Å². The average Bonchev–Trinajstić information content (AvgIpc) is 2.77. The van der Waals surface area contributed by atoms with Crippen LogP contribution in [-0.4, -0.2) is 29.3 Å². The largest absolute Gasteiger partial charge is 0.507 e. The Labute approximate surface area is 185 Å². The maximum atomic E-state index is 11.3. The molecule has 4 rings (SSSR count). The van der Waals surface area contributed by atoms with Crippen LogP contribution >= 0.6 is 0 Å². The van der Waals surface area contributed by atoms with Gasteiger partial charge in [-0.2, -0.15) is 0 Å². The van der Waals surface area contributed by atoms with Crippen LogP contribution in [0.3, 0.4) is 0 Å². The van der Waals surface area contributed by atoms with Gasteiger partial charge in [-0.1, -0.05) is 54.6 Å². The number of aromatic hydroxyl groups is 1. The molecule has 0 bridgehead atoms. The molecule has 6 nitrogen and oxygen atoms in total. The molecular formula is C26H24O6. The van der Waals surface area contributed by atoms with Crippen molar-refractivity contribution in [3.05, 3.63) is 77.9 Å². The summed E-state index contributed by atoms with van der Waals surface area (Å²) >= 11 is 0. The van der Waals surface area contributed by atoms with Gasteiger partial charge >= 0.3 is 5.97 Å². The van der Waals surface area contributed by atoms with E-state index in [1.807, 2.05) is 60.7 Å². The van der Waals surface area contributed by atoms with Crippen molar-refractivity contribution in [2.75, 3.05) is 7.11 Å². The van der Waals surface area contributed by atoms with Gasteiger partial charge in [0, 0.05) is 24.6 Å². The SMILES string of the molecule is CC(=O)O.COc1cc(Cc2c3ccccc3c(O)c3ccccc23)ccc1OC(C)=O. The van der Waals surface area contributed by atoms with E-state index in [1.54, 1.807) is 13.2 Å².